The summed E-state index contributed by atoms with van der Waals surface area (Å²) in [5.41, 5.74) is 2.69. The maximum Gasteiger partial charge on any atom is 0.243 e. The molecule has 136 valence electrons. The van der Waals surface area contributed by atoms with Gasteiger partial charge in [0.05, 0.1) is 16.9 Å². The Balaban J connectivity index is 1.57. The molecule has 0 atom stereocenters. The molecule has 3 heterocycles. The Hall–Kier alpha value is -1.96. The zero-order valence-electron chi connectivity index (χ0n) is 14.3. The smallest absolute Gasteiger partial charge is 0.243 e. The van der Waals surface area contributed by atoms with E-state index in [2.05, 4.69) is 4.98 Å². The Kier molecular flexibility index (Phi) is 4.93. The first-order valence-corrected chi connectivity index (χ1v) is 11.1. The van der Waals surface area contributed by atoms with Crippen molar-refractivity contribution >= 4 is 21.4 Å². The highest BCUT2D eigenvalue weighted by Gasteiger charge is 2.25. The third-order valence-electron chi connectivity index (χ3n) is 4.63. The van der Waals surface area contributed by atoms with Gasteiger partial charge in [0.1, 0.15) is 11.3 Å². The van der Waals surface area contributed by atoms with Gasteiger partial charge in [0.25, 0.3) is 0 Å². The van der Waals surface area contributed by atoms with E-state index in [1.165, 1.54) is 11.3 Å². The van der Waals surface area contributed by atoms with Crippen LogP contribution in [0.25, 0.3) is 21.8 Å². The fraction of sp³-hybridized carbons (Fsp3) is 0.316. The summed E-state index contributed by atoms with van der Waals surface area (Å²) < 4.78 is 32.4. The molecule has 1 aliphatic rings. The second kappa shape index (κ2) is 7.34. The van der Waals surface area contributed by atoms with E-state index >= 15 is 0 Å². The van der Waals surface area contributed by atoms with E-state index in [1.54, 1.807) is 29.0 Å². The Morgan fingerprint density at radius 1 is 0.962 bits per heavy atom. The first-order valence-electron chi connectivity index (χ1n) is 8.73. The lowest BCUT2D eigenvalue weighted by Gasteiger charge is -2.19. The molecule has 0 unspecified atom stereocenters. The molecule has 1 saturated heterocycles. The van der Waals surface area contributed by atoms with E-state index in [1.807, 2.05) is 23.6 Å². The van der Waals surface area contributed by atoms with Gasteiger partial charge in [0, 0.05) is 29.6 Å². The first-order chi connectivity index (χ1) is 12.6. The van der Waals surface area contributed by atoms with E-state index in [0.29, 0.717) is 18.0 Å². The number of furan rings is 1. The van der Waals surface area contributed by atoms with Crippen LogP contribution in [0.3, 0.4) is 0 Å². The molecule has 1 aromatic carbocycles. The lowest BCUT2D eigenvalue weighted by atomic mass is 10.2. The molecule has 0 amide bonds. The molecule has 0 N–H and O–H groups in total. The highest BCUT2D eigenvalue weighted by Crippen LogP contribution is 2.30. The van der Waals surface area contributed by atoms with Crippen molar-refractivity contribution in [1.82, 2.24) is 9.29 Å². The predicted octanol–water partition coefficient (Wildman–Crippen LogP) is 4.63. The molecule has 26 heavy (non-hydrogen) atoms. The van der Waals surface area contributed by atoms with E-state index < -0.39 is 10.0 Å². The average molecular weight is 389 g/mol. The minimum atomic E-state index is -3.41. The van der Waals surface area contributed by atoms with Crippen molar-refractivity contribution in [3.05, 3.63) is 48.2 Å². The van der Waals surface area contributed by atoms with Gasteiger partial charge < -0.3 is 4.42 Å². The third-order valence-corrected chi connectivity index (χ3v) is 7.43. The summed E-state index contributed by atoms with van der Waals surface area (Å²) in [5, 5.41) is 2.86. The molecule has 3 aromatic rings. The van der Waals surface area contributed by atoms with E-state index in [0.717, 1.165) is 47.5 Å². The van der Waals surface area contributed by atoms with Gasteiger partial charge in [0.2, 0.25) is 10.0 Å². The van der Waals surface area contributed by atoms with Crippen LogP contribution < -0.4 is 0 Å². The molecule has 2 aromatic heterocycles. The second-order valence-electron chi connectivity index (χ2n) is 6.39. The summed E-state index contributed by atoms with van der Waals surface area (Å²) >= 11 is 1.54. The molecule has 0 saturated carbocycles. The van der Waals surface area contributed by atoms with Crippen LogP contribution in [0.1, 0.15) is 25.7 Å². The topological polar surface area (TPSA) is 63.4 Å². The zero-order chi connectivity index (χ0) is 18.0. The van der Waals surface area contributed by atoms with E-state index in [-0.39, 0.29) is 0 Å². The van der Waals surface area contributed by atoms with Gasteiger partial charge in [0.15, 0.2) is 0 Å². The lowest BCUT2D eigenvalue weighted by Crippen LogP contribution is -2.31. The molecule has 0 bridgehead atoms. The van der Waals surface area contributed by atoms with Crippen LogP contribution in [0.2, 0.25) is 0 Å². The maximum absolute atomic E-state index is 12.8. The predicted molar refractivity (Wildman–Crippen MR) is 102 cm³/mol. The van der Waals surface area contributed by atoms with Gasteiger partial charge in [-0.15, -0.1) is 11.3 Å². The SMILES string of the molecule is O=S(=O)(c1ccc(-c2csc(-c3ccoc3)n2)cc1)N1CCCCCC1. The van der Waals surface area contributed by atoms with Crippen molar-refractivity contribution < 1.29 is 12.8 Å². The summed E-state index contributed by atoms with van der Waals surface area (Å²) in [5.74, 6) is 0. The average Bonchev–Trinajstić information content (AvgIpc) is 3.28. The quantitative estimate of drug-likeness (QED) is 0.653. The molecule has 0 aliphatic carbocycles. The Bertz CT molecular complexity index is 953. The van der Waals surface area contributed by atoms with Crippen molar-refractivity contribution in [3.63, 3.8) is 0 Å². The van der Waals surface area contributed by atoms with Crippen LogP contribution in [0.15, 0.2) is 57.6 Å². The molecular formula is C19H20N2O3S2. The normalized spacial score (nSPS) is 16.5. The third kappa shape index (κ3) is 3.47. The van der Waals surface area contributed by atoms with Gasteiger partial charge in [-0.2, -0.15) is 4.31 Å². The standard InChI is InChI=1S/C19H20N2O3S2/c22-26(23,21-10-3-1-2-4-11-21)17-7-5-15(6-8-17)18-14-25-19(20-18)16-9-12-24-13-16/h5-9,12-14H,1-4,10-11H2. The molecule has 4 rings (SSSR count). The van der Waals surface area contributed by atoms with Crippen molar-refractivity contribution in [2.45, 2.75) is 30.6 Å². The highest BCUT2D eigenvalue weighted by atomic mass is 32.2. The van der Waals surface area contributed by atoms with Crippen molar-refractivity contribution in [3.8, 4) is 21.8 Å². The zero-order valence-corrected chi connectivity index (χ0v) is 15.9. The molecule has 0 spiro atoms. The summed E-state index contributed by atoms with van der Waals surface area (Å²) in [6, 6.07) is 8.91. The largest absolute Gasteiger partial charge is 0.472 e. The monoisotopic (exact) mass is 388 g/mol. The molecule has 0 radical (unpaired) electrons. The van der Waals surface area contributed by atoms with Crippen LogP contribution in [-0.2, 0) is 10.0 Å². The Labute approximate surface area is 157 Å². The van der Waals surface area contributed by atoms with Gasteiger partial charge in [-0.25, -0.2) is 13.4 Å². The maximum atomic E-state index is 12.8. The fourth-order valence-electron chi connectivity index (χ4n) is 3.15. The van der Waals surface area contributed by atoms with Crippen LogP contribution >= 0.6 is 11.3 Å². The number of rotatable bonds is 4. The molecule has 5 nitrogen and oxygen atoms in total. The minimum Gasteiger partial charge on any atom is -0.472 e. The highest BCUT2D eigenvalue weighted by molar-refractivity contribution is 7.89. The first kappa shape index (κ1) is 17.5. The lowest BCUT2D eigenvalue weighted by molar-refractivity contribution is 0.424. The van der Waals surface area contributed by atoms with Crippen LogP contribution in [0.5, 0.6) is 0 Å². The molecular weight excluding hydrogens is 368 g/mol. The fourth-order valence-corrected chi connectivity index (χ4v) is 5.49. The van der Waals surface area contributed by atoms with Gasteiger partial charge in [-0.05, 0) is 31.0 Å². The number of hydrogen-bond acceptors (Lipinski definition) is 5. The summed E-state index contributed by atoms with van der Waals surface area (Å²) in [6.07, 6.45) is 7.37. The van der Waals surface area contributed by atoms with Crippen LogP contribution in [0.4, 0.5) is 0 Å². The number of benzene rings is 1. The van der Waals surface area contributed by atoms with Crippen LogP contribution in [-0.4, -0.2) is 30.8 Å². The van der Waals surface area contributed by atoms with Crippen molar-refractivity contribution in [2.75, 3.05) is 13.1 Å². The molecule has 7 heteroatoms. The number of sulfonamides is 1. The number of aromatic nitrogens is 1. The molecule has 1 aliphatic heterocycles. The van der Waals surface area contributed by atoms with Crippen LogP contribution in [0, 0.1) is 0 Å². The van der Waals surface area contributed by atoms with E-state index in [4.69, 9.17) is 4.42 Å². The second-order valence-corrected chi connectivity index (χ2v) is 9.19. The van der Waals surface area contributed by atoms with Crippen molar-refractivity contribution in [2.24, 2.45) is 0 Å². The minimum absolute atomic E-state index is 0.355. The van der Waals surface area contributed by atoms with Gasteiger partial charge >= 0.3 is 0 Å². The van der Waals surface area contributed by atoms with Gasteiger partial charge in [-0.1, -0.05) is 25.0 Å². The summed E-state index contributed by atoms with van der Waals surface area (Å²) in [4.78, 5) is 4.97. The Morgan fingerprint density at radius 2 is 1.69 bits per heavy atom. The molecule has 1 fully saturated rings. The number of nitrogens with zero attached hydrogens (tertiary/aromatic N) is 2. The Morgan fingerprint density at radius 3 is 2.35 bits per heavy atom. The van der Waals surface area contributed by atoms with Crippen molar-refractivity contribution in [1.29, 1.82) is 0 Å². The summed E-state index contributed by atoms with van der Waals surface area (Å²) in [7, 11) is -3.41. The van der Waals surface area contributed by atoms with E-state index in [9.17, 15) is 8.42 Å². The number of hydrogen-bond donors (Lipinski definition) is 0. The number of thiazole rings is 1. The van der Waals surface area contributed by atoms with Gasteiger partial charge in [-0.3, -0.25) is 0 Å². The summed E-state index contributed by atoms with van der Waals surface area (Å²) in [6.45, 7) is 1.23.